The molecule has 0 saturated carbocycles. The number of thiophene rings is 1. The first-order valence-electron chi connectivity index (χ1n) is 16.9. The van der Waals surface area contributed by atoms with E-state index in [2.05, 4.69) is 16.0 Å². The number of methoxy groups -OCH3 is 1. The van der Waals surface area contributed by atoms with Crippen LogP contribution in [-0.2, 0) is 27.2 Å². The molecule has 1 aliphatic carbocycles. The fourth-order valence-electron chi connectivity index (χ4n) is 5.94. The molecule has 8 nitrogen and oxygen atoms in total. The maximum absolute atomic E-state index is 14.8. The summed E-state index contributed by atoms with van der Waals surface area (Å²) in [6, 6.07) is 28.6. The van der Waals surface area contributed by atoms with Gasteiger partial charge in [0.25, 0.3) is 11.8 Å². The summed E-state index contributed by atoms with van der Waals surface area (Å²) in [6.07, 6.45) is 5.84. The predicted octanol–water partition coefficient (Wildman–Crippen LogP) is 9.48. The molecule has 1 unspecified atom stereocenters. The van der Waals surface area contributed by atoms with Crippen molar-refractivity contribution in [1.82, 2.24) is 5.32 Å². The van der Waals surface area contributed by atoms with Gasteiger partial charge in [-0.1, -0.05) is 78.7 Å². The van der Waals surface area contributed by atoms with Crippen molar-refractivity contribution in [3.05, 3.63) is 152 Å². The van der Waals surface area contributed by atoms with Gasteiger partial charge < -0.3 is 20.7 Å². The van der Waals surface area contributed by atoms with Gasteiger partial charge in [0.1, 0.15) is 21.8 Å². The predicted molar refractivity (Wildman–Crippen MR) is 209 cm³/mol. The van der Waals surface area contributed by atoms with Crippen LogP contribution in [0.3, 0.4) is 0 Å². The number of esters is 1. The lowest BCUT2D eigenvalue weighted by Gasteiger charge is -2.18. The molecule has 0 bridgehead atoms. The lowest BCUT2D eigenvalue weighted by Crippen LogP contribution is -2.30. The summed E-state index contributed by atoms with van der Waals surface area (Å²) >= 11 is 8.96. The molecule has 1 aromatic heterocycles. The first-order valence-corrected chi connectivity index (χ1v) is 19.0. The zero-order valence-corrected chi connectivity index (χ0v) is 31.0. The van der Waals surface area contributed by atoms with Crippen LogP contribution >= 0.6 is 34.7 Å². The molecule has 12 heteroatoms. The lowest BCUT2D eigenvalue weighted by atomic mass is 10.1. The molecule has 0 aliphatic heterocycles. The van der Waals surface area contributed by atoms with Gasteiger partial charge in [-0.15, -0.1) is 23.1 Å². The second-order valence-corrected chi connectivity index (χ2v) is 14.8. The number of carbonyl (C=O) groups excluding carboxylic acids is 4. The number of ether oxygens (including phenoxy) is 1. The number of thioether (sulfide) groups is 1. The van der Waals surface area contributed by atoms with E-state index in [0.29, 0.717) is 26.7 Å². The Morgan fingerprint density at radius 3 is 2.32 bits per heavy atom. The van der Waals surface area contributed by atoms with Gasteiger partial charge in [0.15, 0.2) is 0 Å². The quantitative estimate of drug-likeness (QED) is 0.0534. The second-order valence-electron chi connectivity index (χ2n) is 12.2. The highest BCUT2D eigenvalue weighted by molar-refractivity contribution is 8.00. The van der Waals surface area contributed by atoms with E-state index in [1.54, 1.807) is 48.5 Å². The van der Waals surface area contributed by atoms with Crippen molar-refractivity contribution in [3.8, 4) is 0 Å². The molecule has 1 heterocycles. The van der Waals surface area contributed by atoms with Gasteiger partial charge in [-0.2, -0.15) is 0 Å². The Morgan fingerprint density at radius 2 is 1.58 bits per heavy atom. The van der Waals surface area contributed by atoms with E-state index < -0.39 is 28.9 Å². The van der Waals surface area contributed by atoms with Gasteiger partial charge >= 0.3 is 5.97 Å². The fourth-order valence-corrected chi connectivity index (χ4v) is 8.53. The van der Waals surface area contributed by atoms with E-state index in [0.717, 1.165) is 48.1 Å². The third-order valence-corrected chi connectivity index (χ3v) is 11.3. The number of hydrogen-bond acceptors (Lipinski definition) is 7. The van der Waals surface area contributed by atoms with Crippen molar-refractivity contribution in [3.63, 3.8) is 0 Å². The van der Waals surface area contributed by atoms with Crippen LogP contribution in [0.1, 0.15) is 66.8 Å². The van der Waals surface area contributed by atoms with Crippen molar-refractivity contribution in [2.24, 2.45) is 0 Å². The summed E-state index contributed by atoms with van der Waals surface area (Å²) < 4.78 is 19.9. The molecule has 0 fully saturated rings. The highest BCUT2D eigenvalue weighted by atomic mass is 35.5. The lowest BCUT2D eigenvalue weighted by molar-refractivity contribution is -0.116. The summed E-state index contributed by atoms with van der Waals surface area (Å²) in [5.41, 5.74) is 2.47. The van der Waals surface area contributed by atoms with E-state index in [1.807, 2.05) is 36.4 Å². The molecule has 53 heavy (non-hydrogen) atoms. The van der Waals surface area contributed by atoms with Crippen molar-refractivity contribution in [1.29, 1.82) is 0 Å². The average Bonchev–Trinajstić information content (AvgIpc) is 3.34. The minimum absolute atomic E-state index is 0.0600. The van der Waals surface area contributed by atoms with Gasteiger partial charge in [-0.05, 0) is 85.4 Å². The third kappa shape index (κ3) is 9.23. The Bertz CT molecular complexity index is 2150. The summed E-state index contributed by atoms with van der Waals surface area (Å²) in [4.78, 5) is 55.7. The number of anilines is 2. The van der Waals surface area contributed by atoms with Crippen molar-refractivity contribution >= 4 is 75.2 Å². The number of rotatable bonds is 11. The van der Waals surface area contributed by atoms with Crippen LogP contribution in [0.15, 0.2) is 114 Å². The number of hydrogen-bond donors (Lipinski definition) is 3. The van der Waals surface area contributed by atoms with Crippen LogP contribution in [0.2, 0.25) is 5.02 Å². The molecule has 4 aromatic carbocycles. The normalized spacial score (nSPS) is 13.2. The minimum atomic E-state index is -0.738. The van der Waals surface area contributed by atoms with E-state index in [-0.39, 0.29) is 22.2 Å². The smallest absolute Gasteiger partial charge is 0.341 e. The number of amides is 3. The Morgan fingerprint density at radius 1 is 0.868 bits per heavy atom. The van der Waals surface area contributed by atoms with Crippen molar-refractivity contribution in [2.75, 3.05) is 17.7 Å². The molecule has 5 aromatic rings. The second kappa shape index (κ2) is 17.5. The van der Waals surface area contributed by atoms with Crippen LogP contribution < -0.4 is 16.0 Å². The first kappa shape index (κ1) is 37.5. The monoisotopic (exact) mass is 767 g/mol. The Hall–Kier alpha value is -5.23. The van der Waals surface area contributed by atoms with Gasteiger partial charge in [0, 0.05) is 26.6 Å². The van der Waals surface area contributed by atoms with Crippen LogP contribution in [0.4, 0.5) is 15.1 Å². The standard InChI is InChI=1S/C41H35ClFN3O5S2/c1-51-41(50)35-29-19-9-4-10-22-34(29)53-40(35)46-39(49)36(25-13-5-2-6-14-25)52-28-18-11-17-27(23-28)44-38(48)33(24-30-31(42)20-12-21-32(30)43)45-37(47)26-15-7-3-8-16-26/h2-3,5-8,11-18,20-21,23-24,36H,4,9-10,19,22H2,1H3,(H,44,48)(H,45,47)(H,46,49)/b33-24+. The Kier molecular flexibility index (Phi) is 12.4. The molecule has 3 amide bonds. The summed E-state index contributed by atoms with van der Waals surface area (Å²) in [6.45, 7) is 0. The molecule has 0 radical (unpaired) electrons. The van der Waals surface area contributed by atoms with Crippen molar-refractivity contribution < 1.29 is 28.3 Å². The number of halogens is 2. The van der Waals surface area contributed by atoms with Crippen LogP contribution in [0.25, 0.3) is 6.08 Å². The van der Waals surface area contributed by atoms with Crippen molar-refractivity contribution in [2.45, 2.75) is 42.2 Å². The van der Waals surface area contributed by atoms with Gasteiger partial charge in [-0.25, -0.2) is 9.18 Å². The zero-order valence-electron chi connectivity index (χ0n) is 28.6. The molecule has 1 aliphatic rings. The SMILES string of the molecule is COC(=O)c1c(NC(=O)C(Sc2cccc(NC(=O)/C(=C\c3c(F)cccc3Cl)NC(=O)c3ccccc3)c2)c2ccccc2)sc2c1CCCCC2. The minimum Gasteiger partial charge on any atom is -0.465 e. The van der Waals surface area contributed by atoms with Gasteiger partial charge in [0.2, 0.25) is 5.91 Å². The van der Waals surface area contributed by atoms with E-state index in [1.165, 1.54) is 54.5 Å². The summed E-state index contributed by atoms with van der Waals surface area (Å²) in [5, 5.41) is 8.23. The maximum Gasteiger partial charge on any atom is 0.341 e. The topological polar surface area (TPSA) is 114 Å². The highest BCUT2D eigenvalue weighted by Crippen LogP contribution is 2.41. The maximum atomic E-state index is 14.8. The fraction of sp³-hybridized carbons (Fsp3) is 0.171. The molecule has 270 valence electrons. The van der Waals surface area contributed by atoms with Gasteiger partial charge in [-0.3, -0.25) is 14.4 Å². The number of fused-ring (bicyclic) bond motifs is 1. The van der Waals surface area contributed by atoms with Gasteiger partial charge in [0.05, 0.1) is 17.7 Å². The number of nitrogens with one attached hydrogen (secondary N) is 3. The van der Waals surface area contributed by atoms with Crippen LogP contribution in [0.5, 0.6) is 0 Å². The Labute approximate surface area is 319 Å². The average molecular weight is 768 g/mol. The van der Waals surface area contributed by atoms with E-state index in [9.17, 15) is 23.6 Å². The molecule has 0 spiro atoms. The molecular weight excluding hydrogens is 733 g/mol. The number of aryl methyl sites for hydroxylation is 1. The first-order chi connectivity index (χ1) is 25.7. The zero-order chi connectivity index (χ0) is 37.3. The van der Waals surface area contributed by atoms with Crippen LogP contribution in [0, 0.1) is 5.82 Å². The summed E-state index contributed by atoms with van der Waals surface area (Å²) in [5.74, 6) is -2.76. The molecule has 6 rings (SSSR count). The molecular formula is C41H35ClFN3O5S2. The molecule has 3 N–H and O–H groups in total. The van der Waals surface area contributed by atoms with E-state index in [4.69, 9.17) is 16.3 Å². The Balaban J connectivity index is 1.26. The number of carbonyl (C=O) groups is 4. The number of benzene rings is 4. The van der Waals surface area contributed by atoms with E-state index >= 15 is 0 Å². The molecule has 1 atom stereocenters. The van der Waals surface area contributed by atoms with Crippen LogP contribution in [-0.4, -0.2) is 30.8 Å². The highest BCUT2D eigenvalue weighted by Gasteiger charge is 2.29. The molecule has 0 saturated heterocycles. The third-order valence-electron chi connectivity index (χ3n) is 8.55. The largest absolute Gasteiger partial charge is 0.465 e. The summed E-state index contributed by atoms with van der Waals surface area (Å²) in [7, 11) is 1.34.